The lowest BCUT2D eigenvalue weighted by atomic mass is 9.89. The van der Waals surface area contributed by atoms with Crippen LogP contribution in [0, 0.1) is 0 Å². The number of benzene rings is 1. The largest absolute Gasteiger partial charge is 0.380 e. The second-order valence-electron chi connectivity index (χ2n) is 9.72. The van der Waals surface area contributed by atoms with E-state index in [1.54, 1.807) is 19.4 Å². The van der Waals surface area contributed by atoms with Crippen molar-refractivity contribution in [1.82, 2.24) is 9.88 Å². The number of carbonyl (C=O) groups excluding carboxylic acids is 1. The summed E-state index contributed by atoms with van der Waals surface area (Å²) in [5.74, 6) is -0.0141. The molecule has 34 heavy (non-hydrogen) atoms. The first kappa shape index (κ1) is 25.9. The molecule has 6 heteroatoms. The van der Waals surface area contributed by atoms with Crippen LogP contribution in [0.1, 0.15) is 67.7 Å². The summed E-state index contributed by atoms with van der Waals surface area (Å²) in [5.41, 5.74) is 5.27. The first-order valence-corrected chi connectivity index (χ1v) is 11.9. The number of nitrogens with zero attached hydrogens (tertiary/aromatic N) is 3. The maximum absolute atomic E-state index is 13.0. The lowest BCUT2D eigenvalue weighted by Gasteiger charge is -2.32. The number of rotatable bonds is 6. The Kier molecular flexibility index (Phi) is 8.45. The Morgan fingerprint density at radius 1 is 1.26 bits per heavy atom. The van der Waals surface area contributed by atoms with Gasteiger partial charge in [-0.2, -0.15) is 0 Å². The Labute approximate surface area is 208 Å². The van der Waals surface area contributed by atoms with E-state index in [0.29, 0.717) is 17.1 Å². The molecule has 0 bridgehead atoms. The minimum atomic E-state index is -0.0647. The molecule has 5 nitrogen and oxygen atoms in total. The Morgan fingerprint density at radius 3 is 2.68 bits per heavy atom. The molecule has 180 valence electrons. The minimum absolute atomic E-state index is 0.0141. The van der Waals surface area contributed by atoms with Gasteiger partial charge in [-0.3, -0.25) is 14.8 Å². The molecule has 1 saturated heterocycles. The van der Waals surface area contributed by atoms with Crippen LogP contribution >= 0.6 is 11.6 Å². The van der Waals surface area contributed by atoms with Crippen molar-refractivity contribution in [3.63, 3.8) is 0 Å². The van der Waals surface area contributed by atoms with E-state index < -0.39 is 0 Å². The Balaban J connectivity index is 1.87. The standard InChI is InChI=1S/C28H34ClN3O2/c1-19(14-22(17-30-5)20-11-12-31-26(16-20)28(2,3)4)24-10-9-21(15-25(24)29)27(33)32-13-7-8-23(18-32)34-6/h9-12,14-17,23H,5,7-8,13,18H2,1-4,6H3/b19-14+,22-17+. The smallest absolute Gasteiger partial charge is 0.253 e. The van der Waals surface area contributed by atoms with E-state index >= 15 is 0 Å². The van der Waals surface area contributed by atoms with Crippen LogP contribution < -0.4 is 0 Å². The monoisotopic (exact) mass is 479 g/mol. The third-order valence-corrected chi connectivity index (χ3v) is 6.42. The van der Waals surface area contributed by atoms with Gasteiger partial charge in [-0.25, -0.2) is 0 Å². The fourth-order valence-electron chi connectivity index (χ4n) is 4.09. The molecule has 0 N–H and O–H groups in total. The number of likely N-dealkylation sites (tertiary alicyclic amines) is 1. The van der Waals surface area contributed by atoms with Crippen LogP contribution in [-0.2, 0) is 10.2 Å². The fourth-order valence-corrected chi connectivity index (χ4v) is 4.42. The van der Waals surface area contributed by atoms with Crippen molar-refractivity contribution in [3.8, 4) is 0 Å². The lowest BCUT2D eigenvalue weighted by Crippen LogP contribution is -2.42. The first-order chi connectivity index (χ1) is 16.1. The van der Waals surface area contributed by atoms with E-state index in [4.69, 9.17) is 16.3 Å². The molecule has 1 fully saturated rings. The third kappa shape index (κ3) is 6.22. The van der Waals surface area contributed by atoms with Gasteiger partial charge in [0, 0.05) is 59.9 Å². The number of methoxy groups -OCH3 is 1. The zero-order valence-corrected chi connectivity index (χ0v) is 21.5. The normalized spacial score (nSPS) is 17.6. The highest BCUT2D eigenvalue weighted by Gasteiger charge is 2.24. The molecule has 1 atom stereocenters. The van der Waals surface area contributed by atoms with Gasteiger partial charge in [-0.05, 0) is 73.5 Å². The molecule has 0 spiro atoms. The van der Waals surface area contributed by atoms with Gasteiger partial charge >= 0.3 is 0 Å². The first-order valence-electron chi connectivity index (χ1n) is 11.6. The van der Waals surface area contributed by atoms with Crippen molar-refractivity contribution in [2.75, 3.05) is 20.2 Å². The second kappa shape index (κ2) is 11.1. The van der Waals surface area contributed by atoms with Crippen molar-refractivity contribution < 1.29 is 9.53 Å². The average molecular weight is 480 g/mol. The number of allylic oxidation sites excluding steroid dienone is 3. The summed E-state index contributed by atoms with van der Waals surface area (Å²) in [6.07, 6.45) is 7.60. The number of carbonyl (C=O) groups is 1. The van der Waals surface area contributed by atoms with Gasteiger partial charge in [-0.15, -0.1) is 0 Å². The van der Waals surface area contributed by atoms with Gasteiger partial charge in [0.2, 0.25) is 0 Å². The van der Waals surface area contributed by atoms with E-state index in [1.165, 1.54) is 0 Å². The zero-order valence-electron chi connectivity index (χ0n) is 20.8. The van der Waals surface area contributed by atoms with Gasteiger partial charge in [0.15, 0.2) is 0 Å². The lowest BCUT2D eigenvalue weighted by molar-refractivity contribution is 0.0269. The second-order valence-corrected chi connectivity index (χ2v) is 10.1. The number of hydrogen-bond donors (Lipinski definition) is 0. The molecule has 1 aromatic carbocycles. The topological polar surface area (TPSA) is 54.8 Å². The molecule has 0 saturated carbocycles. The molecule has 0 radical (unpaired) electrons. The van der Waals surface area contributed by atoms with Gasteiger partial charge in [-0.1, -0.05) is 38.4 Å². The summed E-state index contributed by atoms with van der Waals surface area (Å²) in [4.78, 5) is 23.4. The van der Waals surface area contributed by atoms with Crippen LogP contribution in [0.4, 0.5) is 0 Å². The number of halogens is 1. The van der Waals surface area contributed by atoms with Gasteiger partial charge in [0.25, 0.3) is 5.91 Å². The summed E-state index contributed by atoms with van der Waals surface area (Å²) in [6, 6.07) is 9.55. The molecule has 2 aromatic rings. The Morgan fingerprint density at radius 2 is 2.03 bits per heavy atom. The quantitative estimate of drug-likeness (QED) is 0.354. The summed E-state index contributed by atoms with van der Waals surface area (Å²) >= 11 is 6.65. The highest BCUT2D eigenvalue weighted by atomic mass is 35.5. The van der Waals surface area contributed by atoms with Crippen LogP contribution in [0.15, 0.2) is 53.8 Å². The maximum atomic E-state index is 13.0. The Bertz CT molecular complexity index is 1110. The maximum Gasteiger partial charge on any atom is 0.253 e. The molecule has 0 aliphatic carbocycles. The zero-order chi connectivity index (χ0) is 24.9. The molecule has 2 heterocycles. The van der Waals surface area contributed by atoms with E-state index in [9.17, 15) is 4.79 Å². The van der Waals surface area contributed by atoms with Crippen molar-refractivity contribution in [2.24, 2.45) is 4.99 Å². The van der Waals surface area contributed by atoms with Crippen molar-refractivity contribution in [1.29, 1.82) is 0 Å². The van der Waals surface area contributed by atoms with E-state index in [1.807, 2.05) is 42.3 Å². The summed E-state index contributed by atoms with van der Waals surface area (Å²) in [5, 5.41) is 0.538. The molecular formula is C28H34ClN3O2. The highest BCUT2D eigenvalue weighted by Crippen LogP contribution is 2.30. The number of pyridine rings is 1. The van der Waals surface area contributed by atoms with Gasteiger partial charge < -0.3 is 9.64 Å². The van der Waals surface area contributed by atoms with E-state index in [0.717, 1.165) is 47.4 Å². The summed E-state index contributed by atoms with van der Waals surface area (Å²) in [7, 11) is 1.69. The molecule has 1 unspecified atom stereocenters. The predicted molar refractivity (Wildman–Crippen MR) is 142 cm³/mol. The third-order valence-electron chi connectivity index (χ3n) is 6.10. The summed E-state index contributed by atoms with van der Waals surface area (Å²) < 4.78 is 5.45. The number of amides is 1. The van der Waals surface area contributed by atoms with E-state index in [2.05, 4.69) is 43.5 Å². The molecular weight excluding hydrogens is 446 g/mol. The van der Waals surface area contributed by atoms with E-state index in [-0.39, 0.29) is 17.4 Å². The number of ether oxygens (including phenoxy) is 1. The SMILES string of the molecule is C=N/C=C(\C=C(/C)c1ccc(C(=O)N2CCCC(OC)C2)cc1Cl)c1ccnc(C(C)(C)C)c1. The van der Waals surface area contributed by atoms with Crippen LogP contribution in [0.25, 0.3) is 11.1 Å². The average Bonchev–Trinajstić information content (AvgIpc) is 2.82. The number of aliphatic imine (C=N–C) groups is 1. The Hall–Kier alpha value is -2.76. The van der Waals surface area contributed by atoms with Gasteiger partial charge in [0.1, 0.15) is 0 Å². The van der Waals surface area contributed by atoms with Crippen molar-refractivity contribution in [2.45, 2.75) is 52.1 Å². The fraction of sp³-hybridized carbons (Fsp3) is 0.393. The van der Waals surface area contributed by atoms with Crippen LogP contribution in [0.3, 0.4) is 0 Å². The van der Waals surface area contributed by atoms with Crippen LogP contribution in [0.5, 0.6) is 0 Å². The molecule has 1 amide bonds. The summed E-state index contributed by atoms with van der Waals surface area (Å²) in [6.45, 7) is 13.4. The highest BCUT2D eigenvalue weighted by molar-refractivity contribution is 6.32. The van der Waals surface area contributed by atoms with Crippen LogP contribution in [-0.4, -0.2) is 48.8 Å². The predicted octanol–water partition coefficient (Wildman–Crippen LogP) is 6.43. The molecule has 1 aliphatic heterocycles. The molecule has 1 aromatic heterocycles. The molecule has 1 aliphatic rings. The van der Waals surface area contributed by atoms with Crippen molar-refractivity contribution >= 4 is 35.4 Å². The molecule has 3 rings (SSSR count). The number of aromatic nitrogens is 1. The van der Waals surface area contributed by atoms with Crippen molar-refractivity contribution in [3.05, 3.63) is 76.2 Å². The number of hydrogen-bond acceptors (Lipinski definition) is 4. The number of piperidine rings is 1. The minimum Gasteiger partial charge on any atom is -0.380 e. The van der Waals surface area contributed by atoms with Crippen LogP contribution in [0.2, 0.25) is 5.02 Å². The van der Waals surface area contributed by atoms with Gasteiger partial charge in [0.05, 0.1) is 6.10 Å².